The molecule has 0 aliphatic rings. The molecule has 0 aliphatic carbocycles. The molecule has 0 fully saturated rings. The van der Waals surface area contributed by atoms with Crippen molar-refractivity contribution in [2.75, 3.05) is 0 Å². The maximum atomic E-state index is 10.3. The van der Waals surface area contributed by atoms with Crippen molar-refractivity contribution in [3.8, 4) is 0 Å². The minimum Gasteiger partial charge on any atom is -0.382 e. The van der Waals surface area contributed by atoms with Crippen LogP contribution in [0.15, 0.2) is 30.3 Å². The molecular formula is C13H15ClN2O. The van der Waals surface area contributed by atoms with Gasteiger partial charge in [-0.2, -0.15) is 5.10 Å². The molecule has 0 saturated heterocycles. The zero-order valence-electron chi connectivity index (χ0n) is 9.89. The molecule has 1 N–H and O–H groups in total. The van der Waals surface area contributed by atoms with Crippen LogP contribution in [0.2, 0.25) is 5.02 Å². The molecule has 1 unspecified atom stereocenters. The lowest BCUT2D eigenvalue weighted by Gasteiger charge is -2.12. The Hall–Kier alpha value is -1.32. The van der Waals surface area contributed by atoms with Crippen LogP contribution >= 0.6 is 11.6 Å². The van der Waals surface area contributed by atoms with Crippen LogP contribution in [0, 0.1) is 6.92 Å². The van der Waals surface area contributed by atoms with Crippen molar-refractivity contribution in [1.82, 2.24) is 9.78 Å². The molecule has 0 saturated carbocycles. The second-order valence-corrected chi connectivity index (χ2v) is 4.42. The number of hydrogen-bond donors (Lipinski definition) is 1. The summed E-state index contributed by atoms with van der Waals surface area (Å²) in [6, 6.07) is 9.16. The molecule has 0 aliphatic heterocycles. The fourth-order valence-electron chi connectivity index (χ4n) is 1.89. The first-order chi connectivity index (χ1) is 8.11. The number of aliphatic hydroxyl groups is 1. The smallest absolute Gasteiger partial charge is 0.121 e. The molecule has 1 aromatic carbocycles. The van der Waals surface area contributed by atoms with Crippen LogP contribution in [0.4, 0.5) is 0 Å². The van der Waals surface area contributed by atoms with Crippen LogP contribution in [0.1, 0.15) is 30.0 Å². The van der Waals surface area contributed by atoms with Crippen molar-refractivity contribution >= 4 is 11.6 Å². The van der Waals surface area contributed by atoms with Gasteiger partial charge in [0.25, 0.3) is 0 Å². The van der Waals surface area contributed by atoms with E-state index in [9.17, 15) is 5.11 Å². The first kappa shape index (κ1) is 12.1. The third-order valence-electron chi connectivity index (χ3n) is 2.68. The number of aromatic nitrogens is 2. The summed E-state index contributed by atoms with van der Waals surface area (Å²) in [6.07, 6.45) is -0.685. The van der Waals surface area contributed by atoms with E-state index in [1.54, 1.807) is 16.8 Å². The summed E-state index contributed by atoms with van der Waals surface area (Å²) in [5, 5.41) is 15.3. The molecule has 2 aromatic rings. The van der Waals surface area contributed by atoms with Gasteiger partial charge < -0.3 is 5.11 Å². The Labute approximate surface area is 106 Å². The zero-order chi connectivity index (χ0) is 12.4. The topological polar surface area (TPSA) is 38.0 Å². The van der Waals surface area contributed by atoms with Gasteiger partial charge in [0.05, 0.1) is 11.4 Å². The standard InChI is InChI=1S/C13H15ClN2O/c1-3-16-12(7-9(2)15-16)13(17)10-5-4-6-11(14)8-10/h4-8,13,17H,3H2,1-2H3. The molecule has 4 heteroatoms. The van der Waals surface area contributed by atoms with Gasteiger partial charge in [-0.25, -0.2) is 0 Å². The number of rotatable bonds is 3. The van der Waals surface area contributed by atoms with Crippen LogP contribution in [0.25, 0.3) is 0 Å². The molecule has 0 spiro atoms. The molecular weight excluding hydrogens is 236 g/mol. The summed E-state index contributed by atoms with van der Waals surface area (Å²) in [6.45, 7) is 4.65. The normalized spacial score (nSPS) is 12.7. The summed E-state index contributed by atoms with van der Waals surface area (Å²) >= 11 is 5.92. The Morgan fingerprint density at radius 1 is 1.41 bits per heavy atom. The van der Waals surface area contributed by atoms with Gasteiger partial charge in [-0.05, 0) is 37.6 Å². The summed E-state index contributed by atoms with van der Waals surface area (Å²) in [5.41, 5.74) is 2.49. The predicted molar refractivity (Wildman–Crippen MR) is 68.2 cm³/mol. The summed E-state index contributed by atoms with van der Waals surface area (Å²) in [4.78, 5) is 0. The van der Waals surface area contributed by atoms with Crippen LogP contribution < -0.4 is 0 Å². The largest absolute Gasteiger partial charge is 0.382 e. The fraction of sp³-hybridized carbons (Fsp3) is 0.308. The Bertz CT molecular complexity index is 522. The lowest BCUT2D eigenvalue weighted by atomic mass is 10.1. The molecule has 1 heterocycles. The Morgan fingerprint density at radius 2 is 2.18 bits per heavy atom. The van der Waals surface area contributed by atoms with Crippen molar-refractivity contribution in [2.45, 2.75) is 26.5 Å². The molecule has 90 valence electrons. The maximum absolute atomic E-state index is 10.3. The average molecular weight is 251 g/mol. The Morgan fingerprint density at radius 3 is 2.82 bits per heavy atom. The number of halogens is 1. The van der Waals surface area contributed by atoms with Gasteiger partial charge >= 0.3 is 0 Å². The van der Waals surface area contributed by atoms with E-state index in [2.05, 4.69) is 5.10 Å². The molecule has 0 amide bonds. The monoisotopic (exact) mass is 250 g/mol. The molecule has 2 rings (SSSR count). The van der Waals surface area contributed by atoms with E-state index in [-0.39, 0.29) is 0 Å². The molecule has 3 nitrogen and oxygen atoms in total. The van der Waals surface area contributed by atoms with E-state index in [0.29, 0.717) is 5.02 Å². The number of aryl methyl sites for hydroxylation is 2. The first-order valence-corrected chi connectivity index (χ1v) is 5.97. The van der Waals surface area contributed by atoms with E-state index in [0.717, 1.165) is 23.5 Å². The maximum Gasteiger partial charge on any atom is 0.121 e. The van der Waals surface area contributed by atoms with Gasteiger partial charge in [0.1, 0.15) is 6.10 Å². The van der Waals surface area contributed by atoms with Crippen molar-refractivity contribution in [3.05, 3.63) is 52.3 Å². The molecule has 0 bridgehead atoms. The van der Waals surface area contributed by atoms with Crippen molar-refractivity contribution in [2.24, 2.45) is 0 Å². The van der Waals surface area contributed by atoms with Crippen LogP contribution in [0.3, 0.4) is 0 Å². The average Bonchev–Trinajstić information content (AvgIpc) is 2.69. The van der Waals surface area contributed by atoms with E-state index < -0.39 is 6.10 Å². The molecule has 17 heavy (non-hydrogen) atoms. The van der Waals surface area contributed by atoms with Gasteiger partial charge in [0.2, 0.25) is 0 Å². The number of aliphatic hydroxyl groups excluding tert-OH is 1. The summed E-state index contributed by atoms with van der Waals surface area (Å²) in [7, 11) is 0. The number of nitrogens with zero attached hydrogens (tertiary/aromatic N) is 2. The Kier molecular flexibility index (Phi) is 3.50. The third kappa shape index (κ3) is 2.51. The second kappa shape index (κ2) is 4.90. The zero-order valence-corrected chi connectivity index (χ0v) is 10.6. The van der Waals surface area contributed by atoms with Crippen molar-refractivity contribution in [3.63, 3.8) is 0 Å². The van der Waals surface area contributed by atoms with Gasteiger partial charge in [-0.3, -0.25) is 4.68 Å². The van der Waals surface area contributed by atoms with E-state index in [4.69, 9.17) is 11.6 Å². The van der Waals surface area contributed by atoms with Crippen LogP contribution in [-0.2, 0) is 6.54 Å². The van der Waals surface area contributed by atoms with Gasteiger partial charge in [0.15, 0.2) is 0 Å². The van der Waals surface area contributed by atoms with Crippen molar-refractivity contribution in [1.29, 1.82) is 0 Å². The van der Waals surface area contributed by atoms with Gasteiger partial charge in [0, 0.05) is 11.6 Å². The van der Waals surface area contributed by atoms with Crippen LogP contribution in [-0.4, -0.2) is 14.9 Å². The van der Waals surface area contributed by atoms with E-state index in [1.165, 1.54) is 0 Å². The Balaban J connectivity index is 2.39. The highest BCUT2D eigenvalue weighted by atomic mass is 35.5. The third-order valence-corrected chi connectivity index (χ3v) is 2.91. The number of hydrogen-bond acceptors (Lipinski definition) is 2. The predicted octanol–water partition coefficient (Wildman–Crippen LogP) is 2.95. The SMILES string of the molecule is CCn1nc(C)cc1C(O)c1cccc(Cl)c1. The highest BCUT2D eigenvalue weighted by Gasteiger charge is 2.16. The first-order valence-electron chi connectivity index (χ1n) is 5.59. The minimum atomic E-state index is -0.685. The molecule has 1 aromatic heterocycles. The highest BCUT2D eigenvalue weighted by Crippen LogP contribution is 2.24. The van der Waals surface area contributed by atoms with Crippen molar-refractivity contribution < 1.29 is 5.11 Å². The van der Waals surface area contributed by atoms with Gasteiger partial charge in [-0.1, -0.05) is 23.7 Å². The second-order valence-electron chi connectivity index (χ2n) is 3.98. The van der Waals surface area contributed by atoms with Crippen LogP contribution in [0.5, 0.6) is 0 Å². The highest BCUT2D eigenvalue weighted by molar-refractivity contribution is 6.30. The summed E-state index contributed by atoms with van der Waals surface area (Å²) < 4.78 is 1.81. The lowest BCUT2D eigenvalue weighted by Crippen LogP contribution is -2.09. The molecule has 1 atom stereocenters. The summed E-state index contributed by atoms with van der Waals surface area (Å²) in [5.74, 6) is 0. The van der Waals surface area contributed by atoms with Gasteiger partial charge in [-0.15, -0.1) is 0 Å². The fourth-order valence-corrected chi connectivity index (χ4v) is 2.09. The molecule has 0 radical (unpaired) electrons. The lowest BCUT2D eigenvalue weighted by molar-refractivity contribution is 0.208. The van der Waals surface area contributed by atoms with E-state index >= 15 is 0 Å². The minimum absolute atomic E-state index is 0.626. The number of benzene rings is 1. The van der Waals surface area contributed by atoms with E-state index in [1.807, 2.05) is 32.0 Å². The quantitative estimate of drug-likeness (QED) is 0.910.